The van der Waals surface area contributed by atoms with Crippen LogP contribution in [0.4, 0.5) is 0 Å². The zero-order valence-corrected chi connectivity index (χ0v) is 18.1. The summed E-state index contributed by atoms with van der Waals surface area (Å²) in [6.07, 6.45) is 20.9. The summed E-state index contributed by atoms with van der Waals surface area (Å²) in [5, 5.41) is 0. The summed E-state index contributed by atoms with van der Waals surface area (Å²) in [6, 6.07) is -0.452. The summed E-state index contributed by atoms with van der Waals surface area (Å²) in [5.41, 5.74) is 5.81. The molecule has 1 atom stereocenters. The largest absolute Gasteiger partial charge is 0.465 e. The van der Waals surface area contributed by atoms with Crippen LogP contribution in [0.15, 0.2) is 0 Å². The SMILES string of the molecule is CCCCCCCCCCCCCCCCCOC(=O)[C@@H](N)CC(C)C. The van der Waals surface area contributed by atoms with Gasteiger partial charge in [0.2, 0.25) is 0 Å². The zero-order valence-electron chi connectivity index (χ0n) is 18.1. The molecule has 0 amide bonds. The summed E-state index contributed by atoms with van der Waals surface area (Å²) in [4.78, 5) is 11.7. The number of nitrogens with two attached hydrogens (primary N) is 1. The lowest BCUT2D eigenvalue weighted by atomic mass is 10.0. The topological polar surface area (TPSA) is 52.3 Å². The predicted molar refractivity (Wildman–Crippen MR) is 113 cm³/mol. The highest BCUT2D eigenvalue weighted by Crippen LogP contribution is 2.13. The number of carbonyl (C=O) groups excluding carboxylic acids is 1. The molecule has 156 valence electrons. The third-order valence-corrected chi connectivity index (χ3v) is 5.02. The normalized spacial score (nSPS) is 12.5. The van der Waals surface area contributed by atoms with Gasteiger partial charge in [0.15, 0.2) is 0 Å². The molecule has 0 aromatic heterocycles. The van der Waals surface area contributed by atoms with Crippen molar-refractivity contribution in [1.82, 2.24) is 0 Å². The van der Waals surface area contributed by atoms with E-state index in [1.54, 1.807) is 0 Å². The molecule has 2 N–H and O–H groups in total. The van der Waals surface area contributed by atoms with Gasteiger partial charge < -0.3 is 10.5 Å². The van der Waals surface area contributed by atoms with E-state index in [1.807, 2.05) is 0 Å². The number of esters is 1. The Morgan fingerprint density at radius 1 is 0.731 bits per heavy atom. The van der Waals surface area contributed by atoms with Crippen LogP contribution in [0.2, 0.25) is 0 Å². The molecule has 0 heterocycles. The van der Waals surface area contributed by atoms with Crippen LogP contribution >= 0.6 is 0 Å². The molecule has 0 bridgehead atoms. The van der Waals surface area contributed by atoms with Crippen molar-refractivity contribution in [3.05, 3.63) is 0 Å². The van der Waals surface area contributed by atoms with Gasteiger partial charge in [-0.05, 0) is 18.8 Å². The van der Waals surface area contributed by atoms with Gasteiger partial charge in [0.25, 0.3) is 0 Å². The summed E-state index contributed by atoms with van der Waals surface area (Å²) >= 11 is 0. The smallest absolute Gasteiger partial charge is 0.322 e. The Kier molecular flexibility index (Phi) is 18.8. The fourth-order valence-electron chi connectivity index (χ4n) is 3.36. The summed E-state index contributed by atoms with van der Waals surface area (Å²) < 4.78 is 5.25. The molecule has 3 heteroatoms. The van der Waals surface area contributed by atoms with Crippen LogP contribution in [0.1, 0.15) is 124 Å². The molecule has 3 nitrogen and oxygen atoms in total. The molecule has 0 fully saturated rings. The molecule has 0 saturated heterocycles. The number of rotatable bonds is 19. The molecule has 0 aliphatic rings. The van der Waals surface area contributed by atoms with E-state index in [-0.39, 0.29) is 5.97 Å². The van der Waals surface area contributed by atoms with E-state index in [4.69, 9.17) is 10.5 Å². The van der Waals surface area contributed by atoms with Crippen molar-refractivity contribution in [2.24, 2.45) is 11.7 Å². The Morgan fingerprint density at radius 3 is 1.50 bits per heavy atom. The summed E-state index contributed by atoms with van der Waals surface area (Å²) in [5.74, 6) is 0.201. The van der Waals surface area contributed by atoms with Crippen molar-refractivity contribution in [3.8, 4) is 0 Å². The quantitative estimate of drug-likeness (QED) is 0.202. The maximum atomic E-state index is 11.7. The first-order chi connectivity index (χ1) is 12.6. The minimum atomic E-state index is -0.452. The second-order valence-electron chi connectivity index (χ2n) is 8.35. The Balaban J connectivity index is 3.19. The lowest BCUT2D eigenvalue weighted by Crippen LogP contribution is -2.33. The average Bonchev–Trinajstić information content (AvgIpc) is 2.60. The minimum absolute atomic E-state index is 0.232. The van der Waals surface area contributed by atoms with Gasteiger partial charge in [-0.3, -0.25) is 4.79 Å². The van der Waals surface area contributed by atoms with Gasteiger partial charge in [0.05, 0.1) is 6.61 Å². The molecule has 0 aromatic rings. The molecule has 0 saturated carbocycles. The molecule has 0 rings (SSSR count). The zero-order chi connectivity index (χ0) is 19.5. The Morgan fingerprint density at radius 2 is 1.12 bits per heavy atom. The molecule has 0 aromatic carbocycles. The van der Waals surface area contributed by atoms with E-state index in [1.165, 1.54) is 83.5 Å². The van der Waals surface area contributed by atoms with Crippen molar-refractivity contribution in [2.45, 2.75) is 130 Å². The van der Waals surface area contributed by atoms with E-state index in [2.05, 4.69) is 20.8 Å². The van der Waals surface area contributed by atoms with Crippen LogP contribution in [-0.4, -0.2) is 18.6 Å². The molecule has 0 aliphatic heterocycles. The first-order valence-electron chi connectivity index (χ1n) is 11.5. The Hall–Kier alpha value is -0.570. The van der Waals surface area contributed by atoms with Crippen molar-refractivity contribution < 1.29 is 9.53 Å². The number of unbranched alkanes of at least 4 members (excludes halogenated alkanes) is 14. The van der Waals surface area contributed by atoms with Crippen LogP contribution in [0.25, 0.3) is 0 Å². The fourth-order valence-corrected chi connectivity index (χ4v) is 3.36. The van der Waals surface area contributed by atoms with Crippen molar-refractivity contribution in [2.75, 3.05) is 6.61 Å². The van der Waals surface area contributed by atoms with Gasteiger partial charge in [0.1, 0.15) is 6.04 Å². The summed E-state index contributed by atoms with van der Waals surface area (Å²) in [7, 11) is 0. The van der Waals surface area contributed by atoms with Crippen LogP contribution in [0, 0.1) is 5.92 Å². The van der Waals surface area contributed by atoms with E-state index >= 15 is 0 Å². The third kappa shape index (κ3) is 18.2. The first-order valence-corrected chi connectivity index (χ1v) is 11.5. The molecular formula is C23H47NO2. The van der Waals surface area contributed by atoms with Gasteiger partial charge in [-0.1, -0.05) is 111 Å². The van der Waals surface area contributed by atoms with Crippen LogP contribution < -0.4 is 5.73 Å². The lowest BCUT2D eigenvalue weighted by Gasteiger charge is -2.13. The standard InChI is InChI=1S/C23H47NO2/c1-4-5-6-7-8-9-10-11-12-13-14-15-16-17-18-19-26-23(25)22(24)20-21(2)3/h21-22H,4-20,24H2,1-3H3/t22-/m0/s1. The number of carbonyl (C=O) groups is 1. The van der Waals surface area contributed by atoms with Gasteiger partial charge in [0, 0.05) is 0 Å². The lowest BCUT2D eigenvalue weighted by molar-refractivity contribution is -0.145. The first kappa shape index (κ1) is 25.4. The van der Waals surface area contributed by atoms with Gasteiger partial charge >= 0.3 is 5.97 Å². The minimum Gasteiger partial charge on any atom is -0.465 e. The van der Waals surface area contributed by atoms with Crippen molar-refractivity contribution in [1.29, 1.82) is 0 Å². The maximum absolute atomic E-state index is 11.7. The fraction of sp³-hybridized carbons (Fsp3) is 0.957. The number of hydrogen-bond donors (Lipinski definition) is 1. The number of ether oxygens (including phenoxy) is 1. The second kappa shape index (κ2) is 19.2. The molecule has 0 unspecified atom stereocenters. The molecule has 0 radical (unpaired) electrons. The van der Waals surface area contributed by atoms with Gasteiger partial charge in [-0.15, -0.1) is 0 Å². The second-order valence-corrected chi connectivity index (χ2v) is 8.35. The van der Waals surface area contributed by atoms with E-state index < -0.39 is 6.04 Å². The van der Waals surface area contributed by atoms with E-state index in [0.717, 1.165) is 12.8 Å². The predicted octanol–water partition coefficient (Wildman–Crippen LogP) is 6.77. The van der Waals surface area contributed by atoms with Gasteiger partial charge in [-0.2, -0.15) is 0 Å². The van der Waals surface area contributed by atoms with Crippen LogP contribution in [-0.2, 0) is 9.53 Å². The molecule has 0 spiro atoms. The highest BCUT2D eigenvalue weighted by Gasteiger charge is 2.15. The van der Waals surface area contributed by atoms with Crippen molar-refractivity contribution in [3.63, 3.8) is 0 Å². The summed E-state index contributed by atoms with van der Waals surface area (Å²) in [6.45, 7) is 6.95. The number of hydrogen-bond acceptors (Lipinski definition) is 3. The van der Waals surface area contributed by atoms with Gasteiger partial charge in [-0.25, -0.2) is 0 Å². The maximum Gasteiger partial charge on any atom is 0.322 e. The van der Waals surface area contributed by atoms with Crippen LogP contribution in [0.3, 0.4) is 0 Å². The Labute approximate surface area is 163 Å². The highest BCUT2D eigenvalue weighted by molar-refractivity contribution is 5.75. The Bertz CT molecular complexity index is 305. The molecule has 26 heavy (non-hydrogen) atoms. The highest BCUT2D eigenvalue weighted by atomic mass is 16.5. The monoisotopic (exact) mass is 369 g/mol. The molecular weight excluding hydrogens is 322 g/mol. The van der Waals surface area contributed by atoms with E-state index in [0.29, 0.717) is 18.9 Å². The molecule has 0 aliphatic carbocycles. The van der Waals surface area contributed by atoms with Crippen LogP contribution in [0.5, 0.6) is 0 Å². The van der Waals surface area contributed by atoms with E-state index in [9.17, 15) is 4.79 Å². The average molecular weight is 370 g/mol. The van der Waals surface area contributed by atoms with Crippen molar-refractivity contribution >= 4 is 5.97 Å². The third-order valence-electron chi connectivity index (χ3n) is 5.02.